The van der Waals surface area contributed by atoms with E-state index in [-0.39, 0.29) is 35.5 Å². The zero-order valence-corrected chi connectivity index (χ0v) is 20.4. The minimum Gasteiger partial charge on any atom is -0.355 e. The van der Waals surface area contributed by atoms with E-state index in [2.05, 4.69) is 10.3 Å². The first-order chi connectivity index (χ1) is 18.1. The van der Waals surface area contributed by atoms with Gasteiger partial charge in [0.05, 0.1) is 34.1 Å². The summed E-state index contributed by atoms with van der Waals surface area (Å²) in [4.78, 5) is 43.3. The molecule has 1 saturated carbocycles. The van der Waals surface area contributed by atoms with E-state index in [0.29, 0.717) is 17.5 Å². The first-order valence-corrected chi connectivity index (χ1v) is 11.5. The standard InChI is InChI=1S/C27H22F3N5O3/c1-17-23(22(10-13-32-2)33-20-8-6-18(15-31)7-9-20)24(37)35(26(16-36)11-12-26)25(38)34(17)21-5-3-4-19(14-21)27(28,29)30/h3-10,13-14,16,33H,11-12H2,1-2H3/b22-10-,32-13?. The number of rotatable bonds is 7. The van der Waals surface area contributed by atoms with Crippen LogP contribution in [0.3, 0.4) is 0 Å². The lowest BCUT2D eigenvalue weighted by Gasteiger charge is -2.22. The lowest BCUT2D eigenvalue weighted by Crippen LogP contribution is -2.48. The summed E-state index contributed by atoms with van der Waals surface area (Å²) in [5.41, 5.74) is -3.00. The molecular formula is C27H22F3N5O3. The van der Waals surface area contributed by atoms with Crippen molar-refractivity contribution in [3.05, 3.63) is 97.8 Å². The van der Waals surface area contributed by atoms with E-state index >= 15 is 0 Å². The summed E-state index contributed by atoms with van der Waals surface area (Å²) in [6.07, 6.45) is -0.763. The maximum absolute atomic E-state index is 13.8. The fourth-order valence-corrected chi connectivity index (χ4v) is 4.18. The summed E-state index contributed by atoms with van der Waals surface area (Å²) in [7, 11) is 1.51. The summed E-state index contributed by atoms with van der Waals surface area (Å²) in [6.45, 7) is 1.45. The van der Waals surface area contributed by atoms with Crippen LogP contribution in [0, 0.1) is 18.3 Å². The number of aldehydes is 1. The number of aliphatic imine (C=N–C) groups is 1. The van der Waals surface area contributed by atoms with Crippen LogP contribution >= 0.6 is 0 Å². The van der Waals surface area contributed by atoms with Gasteiger partial charge in [-0.15, -0.1) is 0 Å². The Kier molecular flexibility index (Phi) is 6.91. The molecule has 0 unspecified atom stereocenters. The molecule has 0 radical (unpaired) electrons. The second kappa shape index (κ2) is 9.97. The number of hydrogen-bond donors (Lipinski definition) is 1. The molecule has 1 aromatic heterocycles. The highest BCUT2D eigenvalue weighted by Crippen LogP contribution is 2.40. The number of aromatic nitrogens is 2. The van der Waals surface area contributed by atoms with Crippen LogP contribution in [0.4, 0.5) is 18.9 Å². The Hall–Kier alpha value is -4.72. The van der Waals surface area contributed by atoms with E-state index in [1.807, 2.05) is 6.07 Å². The van der Waals surface area contributed by atoms with Crippen LogP contribution in [0.2, 0.25) is 0 Å². The van der Waals surface area contributed by atoms with Gasteiger partial charge in [-0.1, -0.05) is 6.07 Å². The summed E-state index contributed by atoms with van der Waals surface area (Å²) in [5, 5.41) is 12.2. The number of carbonyl (C=O) groups is 1. The molecule has 0 amide bonds. The topological polar surface area (TPSA) is 109 Å². The van der Waals surface area contributed by atoms with Crippen molar-refractivity contribution in [1.82, 2.24) is 9.13 Å². The lowest BCUT2D eigenvalue weighted by atomic mass is 10.1. The highest BCUT2D eigenvalue weighted by atomic mass is 19.4. The maximum Gasteiger partial charge on any atom is 0.416 e. The Morgan fingerprint density at radius 2 is 1.84 bits per heavy atom. The number of nitrogens with zero attached hydrogens (tertiary/aromatic N) is 4. The zero-order valence-electron chi connectivity index (χ0n) is 20.4. The molecule has 11 heteroatoms. The van der Waals surface area contributed by atoms with E-state index in [9.17, 15) is 27.6 Å². The van der Waals surface area contributed by atoms with Gasteiger partial charge < -0.3 is 10.1 Å². The predicted molar refractivity (Wildman–Crippen MR) is 136 cm³/mol. The summed E-state index contributed by atoms with van der Waals surface area (Å²) >= 11 is 0. The van der Waals surface area contributed by atoms with Crippen molar-refractivity contribution < 1.29 is 18.0 Å². The number of nitrogens with one attached hydrogen (secondary N) is 1. The molecule has 0 atom stereocenters. The quantitative estimate of drug-likeness (QED) is 0.373. The Bertz CT molecular complexity index is 1620. The van der Waals surface area contributed by atoms with Gasteiger partial charge in [0.2, 0.25) is 0 Å². The largest absolute Gasteiger partial charge is 0.416 e. The molecule has 1 fully saturated rings. The minimum absolute atomic E-state index is 0.0283. The van der Waals surface area contributed by atoms with Crippen molar-refractivity contribution in [3.8, 4) is 11.8 Å². The number of allylic oxidation sites excluding steroid dienone is 1. The van der Waals surface area contributed by atoms with E-state index in [4.69, 9.17) is 5.26 Å². The average Bonchev–Trinajstić information content (AvgIpc) is 3.68. The van der Waals surface area contributed by atoms with Gasteiger partial charge in [-0.25, -0.2) is 9.36 Å². The van der Waals surface area contributed by atoms with Crippen LogP contribution in [-0.2, 0) is 16.5 Å². The molecule has 8 nitrogen and oxygen atoms in total. The first-order valence-electron chi connectivity index (χ1n) is 11.5. The Morgan fingerprint density at radius 1 is 1.16 bits per heavy atom. The monoisotopic (exact) mass is 521 g/mol. The molecule has 1 aliphatic rings. The van der Waals surface area contributed by atoms with Gasteiger partial charge in [-0.2, -0.15) is 18.4 Å². The van der Waals surface area contributed by atoms with Crippen LogP contribution in [-0.4, -0.2) is 28.7 Å². The third-order valence-corrected chi connectivity index (χ3v) is 6.31. The Labute approximate surface area is 215 Å². The van der Waals surface area contributed by atoms with Gasteiger partial charge in [-0.3, -0.25) is 14.4 Å². The van der Waals surface area contributed by atoms with Crippen molar-refractivity contribution in [1.29, 1.82) is 5.26 Å². The molecule has 0 aliphatic heterocycles. The van der Waals surface area contributed by atoms with Gasteiger partial charge in [0.25, 0.3) is 5.56 Å². The van der Waals surface area contributed by atoms with E-state index in [0.717, 1.165) is 21.3 Å². The molecule has 0 saturated heterocycles. The van der Waals surface area contributed by atoms with Crippen LogP contribution in [0.5, 0.6) is 0 Å². The molecule has 1 heterocycles. The van der Waals surface area contributed by atoms with Crippen molar-refractivity contribution in [2.45, 2.75) is 31.5 Å². The Morgan fingerprint density at radius 3 is 2.39 bits per heavy atom. The summed E-state index contributed by atoms with van der Waals surface area (Å²) in [5.74, 6) is 0. The van der Waals surface area contributed by atoms with Crippen molar-refractivity contribution in [3.63, 3.8) is 0 Å². The second-order valence-electron chi connectivity index (χ2n) is 8.79. The Balaban J connectivity index is 2.03. The van der Waals surface area contributed by atoms with Gasteiger partial charge in [0.1, 0.15) is 11.8 Å². The molecule has 1 aliphatic carbocycles. The molecular weight excluding hydrogens is 499 g/mol. The normalized spacial score (nSPS) is 14.8. The maximum atomic E-state index is 13.8. The van der Waals surface area contributed by atoms with Gasteiger partial charge >= 0.3 is 11.9 Å². The van der Waals surface area contributed by atoms with Crippen LogP contribution < -0.4 is 16.6 Å². The van der Waals surface area contributed by atoms with E-state index in [1.54, 1.807) is 24.3 Å². The van der Waals surface area contributed by atoms with Crippen LogP contribution in [0.25, 0.3) is 11.4 Å². The van der Waals surface area contributed by atoms with Crippen molar-refractivity contribution >= 4 is 23.9 Å². The zero-order chi connectivity index (χ0) is 27.7. The molecule has 2 aromatic carbocycles. The van der Waals surface area contributed by atoms with E-state index in [1.165, 1.54) is 38.4 Å². The molecule has 1 N–H and O–H groups in total. The first kappa shape index (κ1) is 26.3. The molecule has 0 bridgehead atoms. The molecule has 0 spiro atoms. The van der Waals surface area contributed by atoms with Gasteiger partial charge in [0.15, 0.2) is 0 Å². The smallest absolute Gasteiger partial charge is 0.355 e. The predicted octanol–water partition coefficient (Wildman–Crippen LogP) is 4.04. The van der Waals surface area contributed by atoms with E-state index < -0.39 is 28.5 Å². The summed E-state index contributed by atoms with van der Waals surface area (Å²) in [6, 6.07) is 12.5. The number of carbonyl (C=O) groups excluding carboxylic acids is 1. The van der Waals surface area contributed by atoms with Crippen LogP contribution in [0.1, 0.15) is 35.2 Å². The SMILES string of the molecule is CN=C/C=C(\Nc1ccc(C#N)cc1)c1c(C)n(-c2cccc(C(F)(F)F)c2)c(=O)n(C2(C=O)CC2)c1=O. The number of nitriles is 1. The van der Waals surface area contributed by atoms with Crippen molar-refractivity contribution in [2.75, 3.05) is 12.4 Å². The number of halogens is 3. The lowest BCUT2D eigenvalue weighted by molar-refractivity contribution is -0.137. The number of anilines is 1. The number of hydrogen-bond acceptors (Lipinski definition) is 6. The second-order valence-corrected chi connectivity index (χ2v) is 8.79. The van der Waals surface area contributed by atoms with Gasteiger partial charge in [-0.05, 0) is 68.3 Å². The third-order valence-electron chi connectivity index (χ3n) is 6.31. The van der Waals surface area contributed by atoms with Gasteiger partial charge in [0, 0.05) is 24.6 Å². The summed E-state index contributed by atoms with van der Waals surface area (Å²) < 4.78 is 42.3. The highest BCUT2D eigenvalue weighted by molar-refractivity contribution is 5.89. The molecule has 4 rings (SSSR count). The molecule has 38 heavy (non-hydrogen) atoms. The highest BCUT2D eigenvalue weighted by Gasteiger charge is 2.48. The minimum atomic E-state index is -4.66. The molecule has 194 valence electrons. The fourth-order valence-electron chi connectivity index (χ4n) is 4.18. The average molecular weight is 521 g/mol. The fraction of sp³-hybridized carbons (Fsp3) is 0.222. The van der Waals surface area contributed by atoms with Crippen LogP contribution in [0.15, 0.2) is 69.2 Å². The number of benzene rings is 2. The van der Waals surface area contributed by atoms with Crippen molar-refractivity contribution in [2.24, 2.45) is 4.99 Å². The number of alkyl halides is 3. The third kappa shape index (κ3) is 4.80. The molecule has 3 aromatic rings.